The highest BCUT2D eigenvalue weighted by molar-refractivity contribution is 5.80. The molecule has 2 saturated heterocycles. The standard InChI is InChI=1S/C9H12N2O/c10-3-4-11-7-1-2-8(11)6-9(12)5-7/h7-8H,1-2,4-6H2. The molecular weight excluding hydrogens is 152 g/mol. The molecule has 0 aliphatic carbocycles. The summed E-state index contributed by atoms with van der Waals surface area (Å²) in [5.41, 5.74) is 0. The van der Waals surface area contributed by atoms with Crippen molar-refractivity contribution < 1.29 is 4.79 Å². The largest absolute Gasteiger partial charge is 0.300 e. The summed E-state index contributed by atoms with van der Waals surface area (Å²) in [7, 11) is 0. The van der Waals surface area contributed by atoms with Crippen LogP contribution in [0.2, 0.25) is 0 Å². The summed E-state index contributed by atoms with van der Waals surface area (Å²) in [5, 5.41) is 8.57. The Balaban J connectivity index is 2.10. The summed E-state index contributed by atoms with van der Waals surface area (Å²) >= 11 is 0. The van der Waals surface area contributed by atoms with E-state index in [4.69, 9.17) is 5.26 Å². The van der Waals surface area contributed by atoms with E-state index in [9.17, 15) is 4.79 Å². The SMILES string of the molecule is N#CCN1C2CCC1CC(=O)C2. The van der Waals surface area contributed by atoms with Crippen molar-refractivity contribution in [3.63, 3.8) is 0 Å². The van der Waals surface area contributed by atoms with Gasteiger partial charge in [0.2, 0.25) is 0 Å². The Bertz CT molecular complexity index is 227. The molecule has 64 valence electrons. The van der Waals surface area contributed by atoms with Crippen molar-refractivity contribution in [1.29, 1.82) is 5.26 Å². The van der Waals surface area contributed by atoms with Gasteiger partial charge >= 0.3 is 0 Å². The van der Waals surface area contributed by atoms with E-state index in [2.05, 4.69) is 11.0 Å². The number of ketones is 1. The number of rotatable bonds is 1. The van der Waals surface area contributed by atoms with E-state index in [1.54, 1.807) is 0 Å². The summed E-state index contributed by atoms with van der Waals surface area (Å²) in [5.74, 6) is 0.386. The molecule has 12 heavy (non-hydrogen) atoms. The second-order valence-corrected chi connectivity index (χ2v) is 3.66. The number of carbonyl (C=O) groups excluding carboxylic acids is 1. The molecule has 3 heteroatoms. The lowest BCUT2D eigenvalue weighted by atomic mass is 10.0. The van der Waals surface area contributed by atoms with Gasteiger partial charge in [0, 0.05) is 24.9 Å². The first-order valence-corrected chi connectivity index (χ1v) is 4.45. The van der Waals surface area contributed by atoms with Crippen molar-refractivity contribution in [2.45, 2.75) is 37.8 Å². The van der Waals surface area contributed by atoms with Gasteiger partial charge in [-0.3, -0.25) is 9.69 Å². The second kappa shape index (κ2) is 2.87. The van der Waals surface area contributed by atoms with Crippen molar-refractivity contribution in [2.75, 3.05) is 6.54 Å². The van der Waals surface area contributed by atoms with Crippen LogP contribution in [0.1, 0.15) is 25.7 Å². The lowest BCUT2D eigenvalue weighted by Gasteiger charge is -2.31. The Hall–Kier alpha value is -0.880. The molecular formula is C9H12N2O. The fraction of sp³-hybridized carbons (Fsp3) is 0.778. The summed E-state index contributed by atoms with van der Waals surface area (Å²) in [4.78, 5) is 13.4. The maximum atomic E-state index is 11.2. The molecule has 0 radical (unpaired) electrons. The van der Waals surface area contributed by atoms with Crippen molar-refractivity contribution >= 4 is 5.78 Å². The second-order valence-electron chi connectivity index (χ2n) is 3.66. The monoisotopic (exact) mass is 164 g/mol. The number of hydrogen-bond donors (Lipinski definition) is 0. The van der Waals surface area contributed by atoms with Crippen molar-refractivity contribution in [1.82, 2.24) is 4.90 Å². The van der Waals surface area contributed by atoms with E-state index in [0.717, 1.165) is 12.8 Å². The zero-order valence-corrected chi connectivity index (χ0v) is 6.99. The smallest absolute Gasteiger partial charge is 0.136 e. The molecule has 2 unspecified atom stereocenters. The van der Waals surface area contributed by atoms with Crippen LogP contribution >= 0.6 is 0 Å². The molecule has 0 amide bonds. The molecule has 2 fully saturated rings. The first kappa shape index (κ1) is 7.75. The van der Waals surface area contributed by atoms with Gasteiger partial charge in [-0.1, -0.05) is 0 Å². The fourth-order valence-corrected chi connectivity index (χ4v) is 2.40. The molecule has 2 atom stereocenters. The molecule has 0 saturated carbocycles. The van der Waals surface area contributed by atoms with Crippen molar-refractivity contribution in [2.24, 2.45) is 0 Å². The van der Waals surface area contributed by atoms with E-state index in [0.29, 0.717) is 37.3 Å². The third-order valence-electron chi connectivity index (χ3n) is 2.95. The minimum atomic E-state index is 0.385. The van der Waals surface area contributed by atoms with E-state index in [1.807, 2.05) is 0 Å². The highest BCUT2D eigenvalue weighted by Crippen LogP contribution is 2.33. The highest BCUT2D eigenvalue weighted by Gasteiger charge is 2.39. The Labute approximate surface area is 72.0 Å². The van der Waals surface area contributed by atoms with Crippen LogP contribution < -0.4 is 0 Å². The van der Waals surface area contributed by atoms with Gasteiger partial charge in [0.05, 0.1) is 12.6 Å². The fourth-order valence-electron chi connectivity index (χ4n) is 2.40. The summed E-state index contributed by atoms with van der Waals surface area (Å²) < 4.78 is 0. The lowest BCUT2D eigenvalue weighted by Crippen LogP contribution is -2.43. The maximum Gasteiger partial charge on any atom is 0.136 e. The predicted molar refractivity (Wildman–Crippen MR) is 43.4 cm³/mol. The van der Waals surface area contributed by atoms with Crippen molar-refractivity contribution in [3.8, 4) is 6.07 Å². The number of fused-ring (bicyclic) bond motifs is 2. The Morgan fingerprint density at radius 2 is 2.00 bits per heavy atom. The zero-order chi connectivity index (χ0) is 8.55. The van der Waals surface area contributed by atoms with Gasteiger partial charge in [-0.2, -0.15) is 5.26 Å². The van der Waals surface area contributed by atoms with Crippen LogP contribution in [0.3, 0.4) is 0 Å². The normalized spacial score (nSPS) is 35.1. The van der Waals surface area contributed by atoms with Crippen LogP contribution in [0.4, 0.5) is 0 Å². The summed E-state index contributed by atoms with van der Waals surface area (Å²) in [6.45, 7) is 0.503. The Morgan fingerprint density at radius 1 is 1.42 bits per heavy atom. The van der Waals surface area contributed by atoms with Crippen LogP contribution in [-0.4, -0.2) is 29.3 Å². The van der Waals surface area contributed by atoms with Gasteiger partial charge in [-0.15, -0.1) is 0 Å². The minimum Gasteiger partial charge on any atom is -0.300 e. The van der Waals surface area contributed by atoms with Crippen molar-refractivity contribution in [3.05, 3.63) is 0 Å². The average molecular weight is 164 g/mol. The number of hydrogen-bond acceptors (Lipinski definition) is 3. The van der Waals surface area contributed by atoms with Gasteiger partial charge in [-0.05, 0) is 12.8 Å². The lowest BCUT2D eigenvalue weighted by molar-refractivity contribution is -0.123. The van der Waals surface area contributed by atoms with Gasteiger partial charge in [0.15, 0.2) is 0 Å². The molecule has 0 N–H and O–H groups in total. The first-order chi connectivity index (χ1) is 5.81. The number of Topliss-reactive ketones (excluding diaryl/α,β-unsaturated/α-hetero) is 1. The Kier molecular flexibility index (Phi) is 1.86. The quantitative estimate of drug-likeness (QED) is 0.536. The number of piperidine rings is 1. The molecule has 2 bridgehead atoms. The van der Waals surface area contributed by atoms with E-state index < -0.39 is 0 Å². The van der Waals surface area contributed by atoms with Gasteiger partial charge in [0.1, 0.15) is 5.78 Å². The molecule has 2 rings (SSSR count). The maximum absolute atomic E-state index is 11.2. The van der Waals surface area contributed by atoms with E-state index in [1.165, 1.54) is 0 Å². The third-order valence-corrected chi connectivity index (χ3v) is 2.95. The van der Waals surface area contributed by atoms with Crippen LogP contribution in [0.25, 0.3) is 0 Å². The molecule has 3 nitrogen and oxygen atoms in total. The molecule has 0 aromatic heterocycles. The number of nitrogens with zero attached hydrogens (tertiary/aromatic N) is 2. The minimum absolute atomic E-state index is 0.385. The summed E-state index contributed by atoms with van der Waals surface area (Å²) in [6, 6.07) is 2.94. The van der Waals surface area contributed by atoms with Gasteiger partial charge < -0.3 is 0 Å². The van der Waals surface area contributed by atoms with Crippen LogP contribution in [0.5, 0.6) is 0 Å². The van der Waals surface area contributed by atoms with E-state index >= 15 is 0 Å². The molecule has 0 spiro atoms. The summed E-state index contributed by atoms with van der Waals surface area (Å²) in [6.07, 6.45) is 3.58. The molecule has 0 aromatic carbocycles. The van der Waals surface area contributed by atoms with Crippen LogP contribution in [-0.2, 0) is 4.79 Å². The number of carbonyl (C=O) groups is 1. The molecule has 2 aliphatic rings. The van der Waals surface area contributed by atoms with Crippen LogP contribution in [0, 0.1) is 11.3 Å². The zero-order valence-electron chi connectivity index (χ0n) is 6.99. The highest BCUT2D eigenvalue weighted by atomic mass is 16.1. The third kappa shape index (κ3) is 1.12. The van der Waals surface area contributed by atoms with Gasteiger partial charge in [0.25, 0.3) is 0 Å². The van der Waals surface area contributed by atoms with Gasteiger partial charge in [-0.25, -0.2) is 0 Å². The molecule has 2 heterocycles. The molecule has 0 aromatic rings. The van der Waals surface area contributed by atoms with Crippen LogP contribution in [0.15, 0.2) is 0 Å². The average Bonchev–Trinajstić information content (AvgIpc) is 2.32. The molecule has 2 aliphatic heterocycles. The predicted octanol–water partition coefficient (Wildman–Crippen LogP) is 0.706. The Morgan fingerprint density at radius 3 is 2.50 bits per heavy atom. The van der Waals surface area contributed by atoms with E-state index in [-0.39, 0.29) is 0 Å². The number of nitriles is 1. The topological polar surface area (TPSA) is 44.1 Å². The first-order valence-electron chi connectivity index (χ1n) is 4.45.